The van der Waals surface area contributed by atoms with Crippen LogP contribution >= 0.6 is 0 Å². The number of benzene rings is 7. The van der Waals surface area contributed by atoms with Crippen LogP contribution in [0.5, 0.6) is 0 Å². The summed E-state index contributed by atoms with van der Waals surface area (Å²) in [6.07, 6.45) is 0. The van der Waals surface area contributed by atoms with Crippen molar-refractivity contribution in [1.82, 2.24) is 27.9 Å². The highest BCUT2D eigenvalue weighted by molar-refractivity contribution is 6.08. The van der Waals surface area contributed by atoms with Crippen LogP contribution in [0.15, 0.2) is 142 Å². The van der Waals surface area contributed by atoms with E-state index < -0.39 is 0 Å². The van der Waals surface area contributed by atoms with Crippen molar-refractivity contribution < 1.29 is 8.83 Å². The van der Waals surface area contributed by atoms with Crippen LogP contribution in [0.25, 0.3) is 111 Å². The molecule has 0 aliphatic rings. The Balaban J connectivity index is 1.07. The number of aromatic nitrogens is 6. The summed E-state index contributed by atoms with van der Waals surface area (Å²) in [5.41, 5.74) is 14.9. The van der Waals surface area contributed by atoms with E-state index in [1.54, 1.807) is 6.07 Å². The molecule has 0 saturated carbocycles. The standard InChI is InChI=1S/C46H25N7O2/c1-25-10-14-41-29(18-25)31-20-27(12-16-43(31)54-41)50-35-6-2-4-8-37(35)52-39-23-40-34(22-33(39)48-45(50)52)49-46-51(36-7-3-5-9-38(36)53(40)46)28-13-17-44-32(21-28)30-19-26(24-47)11-15-42(30)55-44/h2-23H,1H3. The molecule has 6 heterocycles. The fraction of sp³-hybridized carbons (Fsp3) is 0.0217. The van der Waals surface area contributed by atoms with Gasteiger partial charge in [0.1, 0.15) is 22.3 Å². The number of fused-ring (bicyclic) bond motifs is 16. The molecular weight excluding hydrogens is 683 g/mol. The van der Waals surface area contributed by atoms with Gasteiger partial charge in [0.25, 0.3) is 0 Å². The predicted octanol–water partition coefficient (Wildman–Crippen LogP) is 11.2. The number of para-hydroxylation sites is 4. The first-order valence-corrected chi connectivity index (χ1v) is 18.1. The molecule has 55 heavy (non-hydrogen) atoms. The van der Waals surface area contributed by atoms with Gasteiger partial charge in [-0.15, -0.1) is 0 Å². The predicted molar refractivity (Wildman–Crippen MR) is 217 cm³/mol. The lowest BCUT2D eigenvalue weighted by Gasteiger charge is -2.05. The van der Waals surface area contributed by atoms with Crippen LogP contribution < -0.4 is 0 Å². The first-order chi connectivity index (χ1) is 27.1. The number of nitrogens with zero attached hydrogens (tertiary/aromatic N) is 7. The van der Waals surface area contributed by atoms with Gasteiger partial charge in [-0.05, 0) is 110 Å². The summed E-state index contributed by atoms with van der Waals surface area (Å²) >= 11 is 0. The molecule has 9 heteroatoms. The van der Waals surface area contributed by atoms with E-state index in [0.29, 0.717) is 5.56 Å². The fourth-order valence-electron chi connectivity index (χ4n) is 8.80. The maximum atomic E-state index is 9.60. The maximum absolute atomic E-state index is 9.60. The van der Waals surface area contributed by atoms with Crippen molar-refractivity contribution in [3.8, 4) is 17.4 Å². The van der Waals surface area contributed by atoms with E-state index in [2.05, 4.69) is 134 Å². The Hall–Kier alpha value is -7.83. The highest BCUT2D eigenvalue weighted by atomic mass is 16.3. The van der Waals surface area contributed by atoms with Gasteiger partial charge < -0.3 is 8.83 Å². The summed E-state index contributed by atoms with van der Waals surface area (Å²) in [6.45, 7) is 2.11. The lowest BCUT2D eigenvalue weighted by atomic mass is 10.1. The smallest absolute Gasteiger partial charge is 0.220 e. The largest absolute Gasteiger partial charge is 0.456 e. The molecule has 0 saturated heterocycles. The number of rotatable bonds is 2. The van der Waals surface area contributed by atoms with Crippen molar-refractivity contribution in [2.45, 2.75) is 6.92 Å². The lowest BCUT2D eigenvalue weighted by molar-refractivity contribution is 0.668. The second-order valence-electron chi connectivity index (χ2n) is 14.4. The third kappa shape index (κ3) is 3.69. The Morgan fingerprint density at radius 3 is 1.49 bits per heavy atom. The van der Waals surface area contributed by atoms with E-state index in [-0.39, 0.29) is 0 Å². The Bertz CT molecular complexity index is 3880. The third-order valence-electron chi connectivity index (χ3n) is 11.2. The highest BCUT2D eigenvalue weighted by Gasteiger charge is 2.23. The van der Waals surface area contributed by atoms with Crippen molar-refractivity contribution in [2.75, 3.05) is 0 Å². The number of furan rings is 2. The van der Waals surface area contributed by atoms with Gasteiger partial charge in [-0.2, -0.15) is 5.26 Å². The molecule has 13 rings (SSSR count). The van der Waals surface area contributed by atoms with Crippen LogP contribution in [-0.4, -0.2) is 27.9 Å². The molecular formula is C46H25N7O2. The normalized spacial score (nSPS) is 12.4. The molecule has 0 amide bonds. The zero-order chi connectivity index (χ0) is 36.1. The summed E-state index contributed by atoms with van der Waals surface area (Å²) < 4.78 is 21.3. The van der Waals surface area contributed by atoms with E-state index in [1.807, 2.05) is 24.3 Å². The molecule has 256 valence electrons. The number of nitriles is 1. The van der Waals surface area contributed by atoms with Gasteiger partial charge in [-0.3, -0.25) is 17.9 Å². The van der Waals surface area contributed by atoms with E-state index in [1.165, 1.54) is 5.56 Å². The summed E-state index contributed by atoms with van der Waals surface area (Å²) in [5, 5.41) is 13.6. The molecule has 0 aliphatic carbocycles. The van der Waals surface area contributed by atoms with Crippen molar-refractivity contribution in [1.29, 1.82) is 5.26 Å². The first-order valence-electron chi connectivity index (χ1n) is 18.1. The zero-order valence-electron chi connectivity index (χ0n) is 29.1. The lowest BCUT2D eigenvalue weighted by Crippen LogP contribution is -1.95. The summed E-state index contributed by atoms with van der Waals surface area (Å²) in [4.78, 5) is 10.6. The number of aryl methyl sites for hydroxylation is 1. The van der Waals surface area contributed by atoms with Crippen LogP contribution in [0.4, 0.5) is 0 Å². The second-order valence-corrected chi connectivity index (χ2v) is 14.4. The van der Waals surface area contributed by atoms with Crippen molar-refractivity contribution >= 4 is 99.6 Å². The third-order valence-corrected chi connectivity index (χ3v) is 11.2. The average molecular weight is 708 g/mol. The Labute approximate surface area is 309 Å². The number of hydrogen-bond acceptors (Lipinski definition) is 5. The first kappa shape index (κ1) is 28.7. The molecule has 13 aromatic rings. The van der Waals surface area contributed by atoms with Crippen molar-refractivity contribution in [3.05, 3.63) is 145 Å². The van der Waals surface area contributed by atoms with Gasteiger partial charge >= 0.3 is 0 Å². The summed E-state index contributed by atoms with van der Waals surface area (Å²) in [6, 6.07) is 47.9. The minimum absolute atomic E-state index is 0.597. The Kier molecular flexibility index (Phi) is 5.21. The van der Waals surface area contributed by atoms with E-state index >= 15 is 0 Å². The second kappa shape index (κ2) is 9.98. The van der Waals surface area contributed by atoms with Gasteiger partial charge in [0, 0.05) is 21.5 Å². The molecule has 0 spiro atoms. The van der Waals surface area contributed by atoms with Crippen LogP contribution in [0, 0.1) is 18.3 Å². The molecule has 0 N–H and O–H groups in total. The topological polar surface area (TPSA) is 94.5 Å². The molecule has 0 unspecified atom stereocenters. The fourth-order valence-corrected chi connectivity index (χ4v) is 8.80. The Morgan fingerprint density at radius 1 is 0.473 bits per heavy atom. The van der Waals surface area contributed by atoms with E-state index in [4.69, 9.17) is 18.8 Å². The summed E-state index contributed by atoms with van der Waals surface area (Å²) in [7, 11) is 0. The molecule has 9 nitrogen and oxygen atoms in total. The SMILES string of the molecule is Cc1ccc2oc3ccc(-n4c5ccccc5n5c6cc7c(cc6nc45)nc4n(-c5ccc6oc8ccc(C#N)cc8c6c5)c5ccccc5n74)cc3c2c1. The van der Waals surface area contributed by atoms with Crippen LogP contribution in [0.3, 0.4) is 0 Å². The zero-order valence-corrected chi connectivity index (χ0v) is 29.1. The highest BCUT2D eigenvalue weighted by Crippen LogP contribution is 2.38. The van der Waals surface area contributed by atoms with Gasteiger partial charge in [0.05, 0.1) is 67.1 Å². The molecule has 0 bridgehead atoms. The molecule has 7 aromatic carbocycles. The molecule has 0 aliphatic heterocycles. The molecule has 0 radical (unpaired) electrons. The minimum atomic E-state index is 0.597. The number of imidazole rings is 4. The Morgan fingerprint density at radius 2 is 0.945 bits per heavy atom. The average Bonchev–Trinajstić information content (AvgIpc) is 4.05. The van der Waals surface area contributed by atoms with E-state index in [0.717, 1.165) is 111 Å². The van der Waals surface area contributed by atoms with Crippen LogP contribution in [0.2, 0.25) is 0 Å². The van der Waals surface area contributed by atoms with Crippen molar-refractivity contribution in [3.63, 3.8) is 0 Å². The number of hydrogen-bond donors (Lipinski definition) is 0. The molecule has 6 aromatic heterocycles. The summed E-state index contributed by atoms with van der Waals surface area (Å²) in [5.74, 6) is 1.63. The molecule has 0 atom stereocenters. The van der Waals surface area contributed by atoms with Crippen LogP contribution in [0.1, 0.15) is 11.1 Å². The van der Waals surface area contributed by atoms with Gasteiger partial charge in [0.2, 0.25) is 11.6 Å². The van der Waals surface area contributed by atoms with Crippen molar-refractivity contribution in [2.24, 2.45) is 0 Å². The van der Waals surface area contributed by atoms with E-state index in [9.17, 15) is 5.26 Å². The maximum Gasteiger partial charge on any atom is 0.220 e. The van der Waals surface area contributed by atoms with Gasteiger partial charge in [0.15, 0.2) is 0 Å². The quantitative estimate of drug-likeness (QED) is 0.178. The minimum Gasteiger partial charge on any atom is -0.456 e. The van der Waals surface area contributed by atoms with Crippen LogP contribution in [-0.2, 0) is 0 Å². The monoisotopic (exact) mass is 707 g/mol. The van der Waals surface area contributed by atoms with Gasteiger partial charge in [-0.25, -0.2) is 9.97 Å². The molecule has 0 fully saturated rings. The van der Waals surface area contributed by atoms with Gasteiger partial charge in [-0.1, -0.05) is 35.9 Å².